The van der Waals surface area contributed by atoms with Gasteiger partial charge in [-0.25, -0.2) is 0 Å². The topological polar surface area (TPSA) is 52.0 Å². The molecule has 0 saturated carbocycles. The summed E-state index contributed by atoms with van der Waals surface area (Å²) in [5.41, 5.74) is 8.99. The molecule has 4 heteroatoms. The molecule has 1 aromatic carbocycles. The second-order valence-electron chi connectivity index (χ2n) is 4.43. The molecule has 0 amide bonds. The maximum absolute atomic E-state index is 5.83. The summed E-state index contributed by atoms with van der Waals surface area (Å²) in [5, 5.41) is 3.85. The Morgan fingerprint density at radius 2 is 2.06 bits per heavy atom. The maximum Gasteiger partial charge on any atom is 0.172 e. The Morgan fingerprint density at radius 1 is 1.35 bits per heavy atom. The number of halogens is 1. The van der Waals surface area contributed by atoms with Crippen LogP contribution in [0.1, 0.15) is 30.9 Å². The average molecular weight is 295 g/mol. The minimum Gasteiger partial charge on any atom is -0.381 e. The SMILES string of the molecule is Cc1ccc(-c2onc(N)c2C(C)C)cc1Br. The Balaban J connectivity index is 2.56. The van der Waals surface area contributed by atoms with E-state index < -0.39 is 0 Å². The third kappa shape index (κ3) is 2.22. The molecular weight excluding hydrogens is 280 g/mol. The Morgan fingerprint density at radius 3 is 2.65 bits per heavy atom. The zero-order valence-electron chi connectivity index (χ0n) is 10.1. The Kier molecular flexibility index (Phi) is 3.24. The number of nitrogens with two attached hydrogens (primary N) is 1. The molecule has 0 fully saturated rings. The van der Waals surface area contributed by atoms with Crippen LogP contribution in [0, 0.1) is 6.92 Å². The Bertz CT molecular complexity index is 546. The molecule has 2 N–H and O–H groups in total. The summed E-state index contributed by atoms with van der Waals surface area (Å²) >= 11 is 3.52. The second-order valence-corrected chi connectivity index (χ2v) is 5.28. The maximum atomic E-state index is 5.83. The van der Waals surface area contributed by atoms with Gasteiger partial charge in [0.2, 0.25) is 0 Å². The molecule has 2 aromatic rings. The van der Waals surface area contributed by atoms with E-state index in [1.165, 1.54) is 5.56 Å². The molecule has 0 spiro atoms. The van der Waals surface area contributed by atoms with E-state index in [1.54, 1.807) is 0 Å². The van der Waals surface area contributed by atoms with E-state index in [0.717, 1.165) is 21.4 Å². The van der Waals surface area contributed by atoms with Crippen molar-refractivity contribution in [3.63, 3.8) is 0 Å². The summed E-state index contributed by atoms with van der Waals surface area (Å²) in [6, 6.07) is 6.09. The van der Waals surface area contributed by atoms with Gasteiger partial charge in [-0.2, -0.15) is 0 Å². The van der Waals surface area contributed by atoms with Crippen LogP contribution >= 0.6 is 15.9 Å². The van der Waals surface area contributed by atoms with Crippen molar-refractivity contribution in [2.45, 2.75) is 26.7 Å². The van der Waals surface area contributed by atoms with E-state index >= 15 is 0 Å². The minimum absolute atomic E-state index is 0.288. The van der Waals surface area contributed by atoms with Crippen LogP contribution in [0.25, 0.3) is 11.3 Å². The molecule has 0 atom stereocenters. The van der Waals surface area contributed by atoms with Gasteiger partial charge in [0.25, 0.3) is 0 Å². The molecule has 0 unspecified atom stereocenters. The van der Waals surface area contributed by atoms with Gasteiger partial charge in [0.15, 0.2) is 11.6 Å². The van der Waals surface area contributed by atoms with E-state index in [1.807, 2.05) is 25.1 Å². The Hall–Kier alpha value is -1.29. The number of anilines is 1. The summed E-state index contributed by atoms with van der Waals surface area (Å²) < 4.78 is 6.40. The summed E-state index contributed by atoms with van der Waals surface area (Å²) in [5.74, 6) is 1.53. The molecule has 1 aromatic heterocycles. The largest absolute Gasteiger partial charge is 0.381 e. The van der Waals surface area contributed by atoms with Crippen molar-refractivity contribution in [2.24, 2.45) is 0 Å². The summed E-state index contributed by atoms with van der Waals surface area (Å²) in [7, 11) is 0. The zero-order chi connectivity index (χ0) is 12.6. The normalized spacial score (nSPS) is 11.1. The fourth-order valence-corrected chi connectivity index (χ4v) is 2.19. The van der Waals surface area contributed by atoms with Gasteiger partial charge in [-0.15, -0.1) is 0 Å². The summed E-state index contributed by atoms with van der Waals surface area (Å²) in [6.45, 7) is 6.21. The molecule has 0 radical (unpaired) electrons. The van der Waals surface area contributed by atoms with Crippen LogP contribution in [0.4, 0.5) is 5.82 Å². The predicted octanol–water partition coefficient (Wildman–Crippen LogP) is 4.12. The van der Waals surface area contributed by atoms with Crippen molar-refractivity contribution in [2.75, 3.05) is 5.73 Å². The highest BCUT2D eigenvalue weighted by Gasteiger charge is 2.18. The van der Waals surface area contributed by atoms with E-state index in [0.29, 0.717) is 5.82 Å². The van der Waals surface area contributed by atoms with E-state index in [2.05, 4.69) is 34.9 Å². The van der Waals surface area contributed by atoms with Crippen LogP contribution in [0.2, 0.25) is 0 Å². The summed E-state index contributed by atoms with van der Waals surface area (Å²) in [6.07, 6.45) is 0. The molecule has 0 saturated heterocycles. The lowest BCUT2D eigenvalue weighted by Gasteiger charge is -2.06. The van der Waals surface area contributed by atoms with Crippen molar-refractivity contribution in [3.05, 3.63) is 33.8 Å². The van der Waals surface area contributed by atoms with Crippen LogP contribution in [0.3, 0.4) is 0 Å². The molecule has 0 aliphatic carbocycles. The number of hydrogen-bond acceptors (Lipinski definition) is 3. The van der Waals surface area contributed by atoms with Gasteiger partial charge in [-0.1, -0.05) is 47.1 Å². The molecule has 0 aliphatic heterocycles. The minimum atomic E-state index is 0.288. The third-order valence-electron chi connectivity index (χ3n) is 2.77. The first-order valence-corrected chi connectivity index (χ1v) is 6.31. The van der Waals surface area contributed by atoms with Crippen LogP contribution in [-0.2, 0) is 0 Å². The average Bonchev–Trinajstić information content (AvgIpc) is 2.64. The van der Waals surface area contributed by atoms with Crippen molar-refractivity contribution in [1.82, 2.24) is 5.16 Å². The number of nitrogen functional groups attached to an aromatic ring is 1. The molecule has 0 aliphatic rings. The molecule has 3 nitrogen and oxygen atoms in total. The molecule has 1 heterocycles. The van der Waals surface area contributed by atoms with Crippen LogP contribution in [0.15, 0.2) is 27.2 Å². The fraction of sp³-hybridized carbons (Fsp3) is 0.308. The van der Waals surface area contributed by atoms with E-state index in [4.69, 9.17) is 10.3 Å². The first-order valence-electron chi connectivity index (χ1n) is 5.52. The number of aromatic nitrogens is 1. The molecule has 17 heavy (non-hydrogen) atoms. The van der Waals surface area contributed by atoms with Gasteiger partial charge >= 0.3 is 0 Å². The van der Waals surface area contributed by atoms with Crippen molar-refractivity contribution in [1.29, 1.82) is 0 Å². The van der Waals surface area contributed by atoms with Gasteiger partial charge in [-0.3, -0.25) is 0 Å². The molecule has 90 valence electrons. The number of aryl methyl sites for hydroxylation is 1. The zero-order valence-corrected chi connectivity index (χ0v) is 11.7. The van der Waals surface area contributed by atoms with Gasteiger partial charge in [0, 0.05) is 15.6 Å². The van der Waals surface area contributed by atoms with Gasteiger partial charge in [0.05, 0.1) is 0 Å². The fourth-order valence-electron chi connectivity index (χ4n) is 1.81. The first kappa shape index (κ1) is 12.2. The quantitative estimate of drug-likeness (QED) is 0.906. The number of hydrogen-bond donors (Lipinski definition) is 1. The van der Waals surface area contributed by atoms with Crippen molar-refractivity contribution >= 4 is 21.7 Å². The smallest absolute Gasteiger partial charge is 0.172 e. The number of nitrogens with zero attached hydrogens (tertiary/aromatic N) is 1. The third-order valence-corrected chi connectivity index (χ3v) is 3.62. The number of benzene rings is 1. The first-order chi connectivity index (χ1) is 8.00. The predicted molar refractivity (Wildman–Crippen MR) is 72.9 cm³/mol. The van der Waals surface area contributed by atoms with Gasteiger partial charge in [-0.05, 0) is 24.5 Å². The lowest BCUT2D eigenvalue weighted by molar-refractivity contribution is 0.434. The molecule has 2 rings (SSSR count). The van der Waals surface area contributed by atoms with Crippen molar-refractivity contribution < 1.29 is 4.52 Å². The lowest BCUT2D eigenvalue weighted by Crippen LogP contribution is -1.95. The highest BCUT2D eigenvalue weighted by Crippen LogP contribution is 2.34. The summed E-state index contributed by atoms with van der Waals surface area (Å²) in [4.78, 5) is 0. The van der Waals surface area contributed by atoms with Gasteiger partial charge < -0.3 is 10.3 Å². The highest BCUT2D eigenvalue weighted by molar-refractivity contribution is 9.10. The second kappa shape index (κ2) is 4.53. The standard InChI is InChI=1S/C13H15BrN2O/c1-7(2)11-12(17-16-13(11)15)9-5-4-8(3)10(14)6-9/h4-7H,1-3H3,(H2,15,16). The van der Waals surface area contributed by atoms with Crippen LogP contribution < -0.4 is 5.73 Å². The highest BCUT2D eigenvalue weighted by atomic mass is 79.9. The Labute approximate surface area is 109 Å². The van der Waals surface area contributed by atoms with Crippen molar-refractivity contribution in [3.8, 4) is 11.3 Å². The van der Waals surface area contributed by atoms with Gasteiger partial charge in [0.1, 0.15) is 0 Å². The number of rotatable bonds is 2. The van der Waals surface area contributed by atoms with Crippen LogP contribution in [-0.4, -0.2) is 5.16 Å². The van der Waals surface area contributed by atoms with E-state index in [-0.39, 0.29) is 5.92 Å². The van der Waals surface area contributed by atoms with E-state index in [9.17, 15) is 0 Å². The van der Waals surface area contributed by atoms with Crippen LogP contribution in [0.5, 0.6) is 0 Å². The monoisotopic (exact) mass is 294 g/mol. The molecule has 0 bridgehead atoms. The molecular formula is C13H15BrN2O. The lowest BCUT2D eigenvalue weighted by atomic mass is 9.99.